The molecule has 28 heavy (non-hydrogen) atoms. The molecule has 9 heteroatoms. The lowest BCUT2D eigenvalue weighted by Crippen LogP contribution is -2.35. The number of nitrogens with zero attached hydrogens (tertiary/aromatic N) is 5. The summed E-state index contributed by atoms with van der Waals surface area (Å²) in [5.41, 5.74) is 1.58. The number of benzene rings is 2. The van der Waals surface area contributed by atoms with E-state index in [1.165, 1.54) is 0 Å². The number of nitrogens with one attached hydrogen (secondary N) is 1. The molecule has 3 aromatic rings. The van der Waals surface area contributed by atoms with Crippen LogP contribution in [0.15, 0.2) is 59.5 Å². The van der Waals surface area contributed by atoms with Crippen molar-refractivity contribution in [2.45, 2.75) is 30.7 Å². The van der Waals surface area contributed by atoms with Crippen LogP contribution in [0.4, 0.5) is 5.69 Å². The van der Waals surface area contributed by atoms with Crippen molar-refractivity contribution in [3.8, 4) is 5.69 Å². The molecule has 0 radical (unpaired) electrons. The minimum absolute atomic E-state index is 0.307. The molecule has 8 nitrogen and oxygen atoms in total. The van der Waals surface area contributed by atoms with Gasteiger partial charge in [-0.2, -0.15) is 8.99 Å². The summed E-state index contributed by atoms with van der Waals surface area (Å²) in [4.78, 5) is 0.307. The number of piperidine rings is 1. The Hall–Kier alpha value is -2.78. The van der Waals surface area contributed by atoms with E-state index in [2.05, 4.69) is 20.8 Å². The number of hydrogen-bond donors (Lipinski definition) is 1. The Morgan fingerprint density at radius 1 is 0.964 bits per heavy atom. The fraction of sp³-hybridized carbons (Fsp3) is 0.316. The number of tetrazole rings is 1. The number of para-hydroxylation sites is 1. The van der Waals surface area contributed by atoms with Gasteiger partial charge in [-0.15, -0.1) is 5.10 Å². The Balaban J connectivity index is 1.50. The van der Waals surface area contributed by atoms with Gasteiger partial charge < -0.3 is 5.32 Å². The maximum Gasteiger partial charge on any atom is 0.243 e. The van der Waals surface area contributed by atoms with Crippen molar-refractivity contribution in [1.29, 1.82) is 0 Å². The predicted molar refractivity (Wildman–Crippen MR) is 106 cm³/mol. The van der Waals surface area contributed by atoms with E-state index in [1.54, 1.807) is 27.2 Å². The molecule has 4 rings (SSSR count). The highest BCUT2D eigenvalue weighted by atomic mass is 32.2. The van der Waals surface area contributed by atoms with E-state index in [1.807, 2.05) is 36.4 Å². The summed E-state index contributed by atoms with van der Waals surface area (Å²) in [6.45, 7) is 1.55. The van der Waals surface area contributed by atoms with Crippen LogP contribution in [0.3, 0.4) is 0 Å². The first-order chi connectivity index (χ1) is 13.6. The van der Waals surface area contributed by atoms with Crippen molar-refractivity contribution in [2.75, 3.05) is 18.4 Å². The summed E-state index contributed by atoms with van der Waals surface area (Å²) in [7, 11) is -3.46. The van der Waals surface area contributed by atoms with Crippen LogP contribution in [0.25, 0.3) is 5.69 Å². The number of sulfonamides is 1. The van der Waals surface area contributed by atoms with Gasteiger partial charge in [-0.1, -0.05) is 30.7 Å². The van der Waals surface area contributed by atoms with Crippen molar-refractivity contribution in [3.05, 3.63) is 60.4 Å². The van der Waals surface area contributed by atoms with Crippen LogP contribution in [-0.2, 0) is 16.6 Å². The third-order valence-corrected chi connectivity index (χ3v) is 6.67. The molecule has 2 aromatic carbocycles. The molecule has 1 fully saturated rings. The van der Waals surface area contributed by atoms with Gasteiger partial charge in [0.25, 0.3) is 0 Å². The first kappa shape index (κ1) is 18.6. The summed E-state index contributed by atoms with van der Waals surface area (Å²) < 4.78 is 29.0. The van der Waals surface area contributed by atoms with Gasteiger partial charge >= 0.3 is 0 Å². The number of aromatic nitrogens is 4. The van der Waals surface area contributed by atoms with E-state index >= 15 is 0 Å². The molecule has 0 bridgehead atoms. The highest BCUT2D eigenvalue weighted by Gasteiger charge is 2.26. The van der Waals surface area contributed by atoms with Crippen molar-refractivity contribution >= 4 is 15.7 Å². The van der Waals surface area contributed by atoms with Crippen LogP contribution < -0.4 is 5.32 Å². The first-order valence-corrected chi connectivity index (χ1v) is 10.8. The quantitative estimate of drug-likeness (QED) is 0.686. The van der Waals surface area contributed by atoms with Gasteiger partial charge in [-0.25, -0.2) is 8.42 Å². The highest BCUT2D eigenvalue weighted by molar-refractivity contribution is 7.89. The zero-order chi connectivity index (χ0) is 19.4. The summed E-state index contributed by atoms with van der Waals surface area (Å²) in [5, 5.41) is 15.1. The second kappa shape index (κ2) is 8.07. The highest BCUT2D eigenvalue weighted by Crippen LogP contribution is 2.23. The minimum Gasteiger partial charge on any atom is -0.378 e. The molecule has 1 saturated heterocycles. The molecule has 1 aromatic heterocycles. The second-order valence-corrected chi connectivity index (χ2v) is 8.63. The van der Waals surface area contributed by atoms with Crippen molar-refractivity contribution < 1.29 is 8.42 Å². The van der Waals surface area contributed by atoms with Crippen LogP contribution >= 0.6 is 0 Å². The van der Waals surface area contributed by atoms with Crippen LogP contribution in [0.2, 0.25) is 0 Å². The van der Waals surface area contributed by atoms with E-state index in [4.69, 9.17) is 0 Å². The molecule has 2 heterocycles. The molecule has 0 atom stereocenters. The van der Waals surface area contributed by atoms with E-state index in [9.17, 15) is 8.42 Å². The van der Waals surface area contributed by atoms with Gasteiger partial charge in [0.1, 0.15) is 0 Å². The Bertz CT molecular complexity index is 1030. The van der Waals surface area contributed by atoms with Gasteiger partial charge in [0.2, 0.25) is 10.0 Å². The van der Waals surface area contributed by atoms with E-state index in [-0.39, 0.29) is 0 Å². The maximum absolute atomic E-state index is 12.9. The Labute approximate surface area is 164 Å². The van der Waals surface area contributed by atoms with Gasteiger partial charge in [0.15, 0.2) is 5.82 Å². The lowest BCUT2D eigenvalue weighted by molar-refractivity contribution is 0.346. The molecule has 0 unspecified atom stereocenters. The Morgan fingerprint density at radius 2 is 1.75 bits per heavy atom. The van der Waals surface area contributed by atoms with Crippen molar-refractivity contribution in [1.82, 2.24) is 24.5 Å². The predicted octanol–water partition coefficient (Wildman–Crippen LogP) is 2.45. The molecule has 0 spiro atoms. The standard InChI is InChI=1S/C19H22N6O2S/c26-28(27,24-12-5-2-6-13-24)18-11-7-8-16(14-18)20-15-19-21-22-23-25(19)17-9-3-1-4-10-17/h1,3-4,7-11,14,20H,2,5-6,12-13,15H2. The molecule has 0 aliphatic carbocycles. The fourth-order valence-electron chi connectivity index (χ4n) is 3.29. The normalized spacial score (nSPS) is 15.4. The van der Waals surface area contributed by atoms with Crippen LogP contribution in [0, 0.1) is 0 Å². The summed E-state index contributed by atoms with van der Waals surface area (Å²) in [5.74, 6) is 0.635. The van der Waals surface area contributed by atoms with Gasteiger partial charge in [0.05, 0.1) is 17.1 Å². The third kappa shape index (κ3) is 3.90. The molecule has 1 N–H and O–H groups in total. The summed E-state index contributed by atoms with van der Waals surface area (Å²) in [6.07, 6.45) is 2.92. The molecule has 0 amide bonds. The molecule has 1 aliphatic heterocycles. The largest absolute Gasteiger partial charge is 0.378 e. The lowest BCUT2D eigenvalue weighted by atomic mass is 10.2. The third-order valence-electron chi connectivity index (χ3n) is 4.77. The molecular weight excluding hydrogens is 376 g/mol. The Morgan fingerprint density at radius 3 is 2.54 bits per heavy atom. The van der Waals surface area contributed by atoms with Gasteiger partial charge in [0, 0.05) is 18.8 Å². The van der Waals surface area contributed by atoms with Crippen LogP contribution in [-0.4, -0.2) is 46.0 Å². The first-order valence-electron chi connectivity index (χ1n) is 9.31. The number of rotatable bonds is 6. The van der Waals surface area contributed by atoms with Crippen LogP contribution in [0.1, 0.15) is 25.1 Å². The van der Waals surface area contributed by atoms with E-state index in [0.717, 1.165) is 24.9 Å². The molecular formula is C19H22N6O2S. The fourth-order valence-corrected chi connectivity index (χ4v) is 4.85. The number of anilines is 1. The molecule has 1 aliphatic rings. The number of hydrogen-bond acceptors (Lipinski definition) is 6. The molecule has 146 valence electrons. The SMILES string of the molecule is O=S(=O)(c1cccc(NCc2nnnn2-c2ccccc2)c1)N1CCCCC1. The molecule has 0 saturated carbocycles. The second-order valence-electron chi connectivity index (χ2n) is 6.69. The average Bonchev–Trinajstić information content (AvgIpc) is 3.22. The van der Waals surface area contributed by atoms with E-state index in [0.29, 0.717) is 36.0 Å². The average molecular weight is 398 g/mol. The summed E-state index contributed by atoms with van der Waals surface area (Å²) in [6, 6.07) is 16.5. The zero-order valence-electron chi connectivity index (χ0n) is 15.4. The van der Waals surface area contributed by atoms with Crippen molar-refractivity contribution in [3.63, 3.8) is 0 Å². The monoisotopic (exact) mass is 398 g/mol. The van der Waals surface area contributed by atoms with Crippen LogP contribution in [0.5, 0.6) is 0 Å². The Kier molecular flexibility index (Phi) is 5.36. The topological polar surface area (TPSA) is 93.0 Å². The van der Waals surface area contributed by atoms with Crippen molar-refractivity contribution in [2.24, 2.45) is 0 Å². The minimum atomic E-state index is -3.46. The zero-order valence-corrected chi connectivity index (χ0v) is 16.2. The van der Waals surface area contributed by atoms with Gasteiger partial charge in [-0.05, 0) is 53.6 Å². The van der Waals surface area contributed by atoms with E-state index < -0.39 is 10.0 Å². The smallest absolute Gasteiger partial charge is 0.243 e. The maximum atomic E-state index is 12.9. The summed E-state index contributed by atoms with van der Waals surface area (Å²) >= 11 is 0. The lowest BCUT2D eigenvalue weighted by Gasteiger charge is -2.26. The van der Waals surface area contributed by atoms with Gasteiger partial charge in [-0.3, -0.25) is 0 Å².